The monoisotopic (exact) mass is 256 g/mol. The number of rotatable bonds is 6. The van der Waals surface area contributed by atoms with E-state index in [0.29, 0.717) is 6.54 Å². The van der Waals surface area contributed by atoms with Crippen molar-refractivity contribution in [2.24, 2.45) is 10.7 Å². The number of nitrogens with two attached hydrogens (primary N) is 1. The van der Waals surface area contributed by atoms with Crippen LogP contribution in [-0.2, 0) is 6.42 Å². The topological polar surface area (TPSA) is 38.4 Å². The molecule has 0 atom stereocenters. The van der Waals surface area contributed by atoms with Crippen LogP contribution in [0.25, 0.3) is 5.70 Å². The Hall–Kier alpha value is -1.67. The van der Waals surface area contributed by atoms with E-state index in [0.717, 1.165) is 29.7 Å². The van der Waals surface area contributed by atoms with E-state index in [1.165, 1.54) is 11.1 Å². The molecule has 0 aliphatic rings. The van der Waals surface area contributed by atoms with Gasteiger partial charge in [-0.3, -0.25) is 4.99 Å². The van der Waals surface area contributed by atoms with E-state index in [1.54, 1.807) is 6.21 Å². The van der Waals surface area contributed by atoms with Gasteiger partial charge in [0.25, 0.3) is 0 Å². The molecular weight excluding hydrogens is 232 g/mol. The second-order valence-electron chi connectivity index (χ2n) is 4.68. The number of benzene rings is 1. The van der Waals surface area contributed by atoms with Crippen molar-refractivity contribution >= 4 is 11.9 Å². The fourth-order valence-corrected chi connectivity index (χ4v) is 1.96. The summed E-state index contributed by atoms with van der Waals surface area (Å²) in [6, 6.07) is 6.44. The Morgan fingerprint density at radius 2 is 2.16 bits per heavy atom. The van der Waals surface area contributed by atoms with Crippen molar-refractivity contribution in [2.45, 2.75) is 33.6 Å². The van der Waals surface area contributed by atoms with Gasteiger partial charge in [-0.25, -0.2) is 0 Å². The van der Waals surface area contributed by atoms with Crippen LogP contribution in [0.5, 0.6) is 0 Å². The molecule has 19 heavy (non-hydrogen) atoms. The molecule has 0 fully saturated rings. The molecule has 102 valence electrons. The van der Waals surface area contributed by atoms with E-state index in [1.807, 2.05) is 13.0 Å². The Labute approximate surface area is 116 Å². The number of aryl methyl sites for hydroxylation is 2. The molecule has 0 heterocycles. The van der Waals surface area contributed by atoms with Crippen LogP contribution >= 0.6 is 0 Å². The molecule has 0 bridgehead atoms. The quantitative estimate of drug-likeness (QED) is 0.770. The van der Waals surface area contributed by atoms with Crippen molar-refractivity contribution in [2.75, 3.05) is 6.54 Å². The van der Waals surface area contributed by atoms with Crippen LogP contribution in [-0.4, -0.2) is 12.8 Å². The highest BCUT2D eigenvalue weighted by molar-refractivity contribution is 5.84. The minimum absolute atomic E-state index is 0.503. The van der Waals surface area contributed by atoms with E-state index < -0.39 is 0 Å². The predicted molar refractivity (Wildman–Crippen MR) is 85.5 cm³/mol. The second kappa shape index (κ2) is 7.70. The molecule has 0 aliphatic carbocycles. The molecule has 2 nitrogen and oxygen atoms in total. The highest BCUT2D eigenvalue weighted by Crippen LogP contribution is 2.21. The Morgan fingerprint density at radius 1 is 1.42 bits per heavy atom. The first-order valence-corrected chi connectivity index (χ1v) is 6.80. The third kappa shape index (κ3) is 4.49. The molecule has 0 radical (unpaired) electrons. The van der Waals surface area contributed by atoms with Gasteiger partial charge >= 0.3 is 0 Å². The van der Waals surface area contributed by atoms with Crippen molar-refractivity contribution in [1.82, 2.24) is 0 Å². The molecule has 1 aromatic rings. The lowest BCUT2D eigenvalue weighted by Gasteiger charge is -2.09. The summed E-state index contributed by atoms with van der Waals surface area (Å²) in [6.07, 6.45) is 5.95. The first kappa shape index (κ1) is 15.4. The summed E-state index contributed by atoms with van der Waals surface area (Å²) in [7, 11) is 0. The Bertz CT molecular complexity index is 496. The van der Waals surface area contributed by atoms with E-state index in [9.17, 15) is 0 Å². The highest BCUT2D eigenvalue weighted by atomic mass is 14.7. The lowest BCUT2D eigenvalue weighted by molar-refractivity contribution is 0.916. The van der Waals surface area contributed by atoms with Crippen molar-refractivity contribution in [1.29, 1.82) is 0 Å². The summed E-state index contributed by atoms with van der Waals surface area (Å²) in [5.74, 6) is 0. The van der Waals surface area contributed by atoms with Gasteiger partial charge in [0.05, 0.1) is 5.70 Å². The molecule has 0 spiro atoms. The number of hydrogen-bond acceptors (Lipinski definition) is 2. The first-order valence-electron chi connectivity index (χ1n) is 6.80. The van der Waals surface area contributed by atoms with E-state index in [4.69, 9.17) is 5.73 Å². The summed E-state index contributed by atoms with van der Waals surface area (Å²) >= 11 is 0. The Kier molecular flexibility index (Phi) is 6.23. The van der Waals surface area contributed by atoms with Gasteiger partial charge in [-0.2, -0.15) is 0 Å². The Morgan fingerprint density at radius 3 is 2.74 bits per heavy atom. The third-order valence-corrected chi connectivity index (χ3v) is 3.08. The number of nitrogens with zero attached hydrogens (tertiary/aromatic N) is 1. The minimum Gasteiger partial charge on any atom is -0.326 e. The van der Waals surface area contributed by atoms with Crippen LogP contribution < -0.4 is 5.73 Å². The van der Waals surface area contributed by atoms with Gasteiger partial charge in [-0.1, -0.05) is 49.8 Å². The molecule has 2 N–H and O–H groups in total. The van der Waals surface area contributed by atoms with Gasteiger partial charge in [0.15, 0.2) is 0 Å². The maximum Gasteiger partial charge on any atom is 0.0633 e. The van der Waals surface area contributed by atoms with E-state index in [-0.39, 0.29) is 0 Å². The van der Waals surface area contributed by atoms with Crippen LogP contribution in [0.4, 0.5) is 0 Å². The van der Waals surface area contributed by atoms with Crippen LogP contribution in [0, 0.1) is 6.92 Å². The molecule has 1 aromatic carbocycles. The first-order chi connectivity index (χ1) is 9.12. The smallest absolute Gasteiger partial charge is 0.0633 e. The molecule has 0 unspecified atom stereocenters. The molecule has 0 saturated carbocycles. The Balaban J connectivity index is 2.99. The largest absolute Gasteiger partial charge is 0.326 e. The zero-order chi connectivity index (χ0) is 14.3. The molecular formula is C17H24N2. The van der Waals surface area contributed by atoms with E-state index >= 15 is 0 Å². The maximum absolute atomic E-state index is 5.62. The fraction of sp³-hybridized carbons (Fsp3) is 0.353. The SMILES string of the molecule is C=C(N=C/C(=C\C)CN)c1ccc(C)cc1CCC. The summed E-state index contributed by atoms with van der Waals surface area (Å²) in [5, 5.41) is 0. The third-order valence-electron chi connectivity index (χ3n) is 3.08. The lowest BCUT2D eigenvalue weighted by Crippen LogP contribution is -2.03. The van der Waals surface area contributed by atoms with Crippen LogP contribution in [0.15, 0.2) is 41.4 Å². The van der Waals surface area contributed by atoms with Gasteiger partial charge in [-0.05, 0) is 31.4 Å². The van der Waals surface area contributed by atoms with Crippen LogP contribution in [0.1, 0.15) is 37.0 Å². The molecule has 0 amide bonds. The fourth-order valence-electron chi connectivity index (χ4n) is 1.96. The van der Waals surface area contributed by atoms with Gasteiger partial charge in [0.1, 0.15) is 0 Å². The van der Waals surface area contributed by atoms with Crippen molar-refractivity contribution in [3.63, 3.8) is 0 Å². The summed E-state index contributed by atoms with van der Waals surface area (Å²) in [4.78, 5) is 4.44. The summed E-state index contributed by atoms with van der Waals surface area (Å²) < 4.78 is 0. The van der Waals surface area contributed by atoms with Crippen LogP contribution in [0.3, 0.4) is 0 Å². The highest BCUT2D eigenvalue weighted by Gasteiger charge is 2.05. The van der Waals surface area contributed by atoms with Crippen molar-refractivity contribution < 1.29 is 0 Å². The van der Waals surface area contributed by atoms with Gasteiger partial charge in [0.2, 0.25) is 0 Å². The molecule has 0 aliphatic heterocycles. The number of allylic oxidation sites excluding steroid dienone is 1. The van der Waals surface area contributed by atoms with E-state index in [2.05, 4.69) is 43.6 Å². The average Bonchev–Trinajstić information content (AvgIpc) is 2.40. The standard InChI is InChI=1S/C17H24N2/c1-5-7-16-10-13(3)8-9-17(16)14(4)19-12-15(6-2)11-18/h6,8-10,12H,4-5,7,11,18H2,1-3H3/b15-6-,19-12?. The summed E-state index contributed by atoms with van der Waals surface area (Å²) in [5.41, 5.74) is 11.2. The van der Waals surface area contributed by atoms with Crippen molar-refractivity contribution in [3.05, 3.63) is 53.1 Å². The van der Waals surface area contributed by atoms with Crippen molar-refractivity contribution in [3.8, 4) is 0 Å². The zero-order valence-electron chi connectivity index (χ0n) is 12.2. The normalized spacial score (nSPS) is 12.1. The molecule has 2 heteroatoms. The average molecular weight is 256 g/mol. The van der Waals surface area contributed by atoms with Crippen LogP contribution in [0.2, 0.25) is 0 Å². The minimum atomic E-state index is 0.503. The van der Waals surface area contributed by atoms with Gasteiger partial charge < -0.3 is 5.73 Å². The summed E-state index contributed by atoms with van der Waals surface area (Å²) in [6.45, 7) is 10.8. The molecule has 0 saturated heterocycles. The second-order valence-corrected chi connectivity index (χ2v) is 4.68. The number of aliphatic imine (C=N–C) groups is 1. The predicted octanol–water partition coefficient (Wildman–Crippen LogP) is 3.89. The lowest BCUT2D eigenvalue weighted by atomic mass is 9.99. The maximum atomic E-state index is 5.62. The molecule has 1 rings (SSSR count). The van der Waals surface area contributed by atoms with Gasteiger partial charge in [-0.15, -0.1) is 0 Å². The molecule has 0 aromatic heterocycles. The number of hydrogen-bond donors (Lipinski definition) is 1. The van der Waals surface area contributed by atoms with Gasteiger partial charge in [0, 0.05) is 18.3 Å². The zero-order valence-corrected chi connectivity index (χ0v) is 12.2.